The number of pyridine rings is 1. The average Bonchev–Trinajstić information content (AvgIpc) is 2.30. The van der Waals surface area contributed by atoms with E-state index in [1.54, 1.807) is 26.8 Å². The number of carbonyl (C=O) groups is 1. The molecule has 1 aliphatic heterocycles. The first-order valence-electron chi connectivity index (χ1n) is 6.32. The molecule has 1 aliphatic rings. The van der Waals surface area contributed by atoms with Crippen LogP contribution in [0.2, 0.25) is 0 Å². The number of aliphatic hydroxyl groups is 1. The summed E-state index contributed by atoms with van der Waals surface area (Å²) in [6, 6.07) is 0.975. The highest BCUT2D eigenvalue weighted by Crippen LogP contribution is 2.31. The maximum absolute atomic E-state index is 11.7. The van der Waals surface area contributed by atoms with E-state index < -0.39 is 23.8 Å². The number of carbonyl (C=O) groups excluding carboxylic acids is 1. The number of nitrogen functional groups attached to an aromatic ring is 1. The van der Waals surface area contributed by atoms with E-state index in [1.807, 2.05) is 0 Å². The fourth-order valence-corrected chi connectivity index (χ4v) is 1.85. The van der Waals surface area contributed by atoms with E-state index in [0.717, 1.165) is 0 Å². The van der Waals surface area contributed by atoms with Crippen LogP contribution in [0.25, 0.3) is 0 Å². The second-order valence-electron chi connectivity index (χ2n) is 5.66. The Kier molecular flexibility index (Phi) is 3.71. The minimum absolute atomic E-state index is 0.124. The molecule has 0 bridgehead atoms. The number of nitrogens with zero attached hydrogens (tertiary/aromatic N) is 1. The molecule has 0 aliphatic carbocycles. The molecular formula is C13H19N3O4. The van der Waals surface area contributed by atoms with Crippen molar-refractivity contribution in [1.82, 2.24) is 10.3 Å². The van der Waals surface area contributed by atoms with Crippen LogP contribution in [-0.4, -0.2) is 34.4 Å². The number of ether oxygens (including phenoxy) is 2. The number of aliphatic hydroxyl groups excluding tert-OH is 1. The van der Waals surface area contributed by atoms with Gasteiger partial charge in [-0.3, -0.25) is 4.98 Å². The number of fused-ring (bicyclic) bond motifs is 1. The van der Waals surface area contributed by atoms with Crippen LogP contribution < -0.4 is 15.8 Å². The van der Waals surface area contributed by atoms with Gasteiger partial charge in [0.25, 0.3) is 0 Å². The van der Waals surface area contributed by atoms with Gasteiger partial charge in [-0.25, -0.2) is 4.79 Å². The topological polar surface area (TPSA) is 107 Å². The molecule has 1 aromatic heterocycles. The molecule has 20 heavy (non-hydrogen) atoms. The normalized spacial score (nSPS) is 21.6. The number of hydrogen-bond donors (Lipinski definition) is 3. The Bertz CT molecular complexity index is 513. The van der Waals surface area contributed by atoms with E-state index in [-0.39, 0.29) is 6.61 Å². The van der Waals surface area contributed by atoms with Gasteiger partial charge in [0.2, 0.25) is 0 Å². The second kappa shape index (κ2) is 5.16. The summed E-state index contributed by atoms with van der Waals surface area (Å²) in [7, 11) is 0. The zero-order valence-corrected chi connectivity index (χ0v) is 11.7. The lowest BCUT2D eigenvalue weighted by molar-refractivity contribution is 0.0298. The van der Waals surface area contributed by atoms with Gasteiger partial charge in [0.1, 0.15) is 29.8 Å². The molecule has 7 nitrogen and oxygen atoms in total. The van der Waals surface area contributed by atoms with Gasteiger partial charge in [-0.05, 0) is 20.8 Å². The van der Waals surface area contributed by atoms with Crippen molar-refractivity contribution in [1.29, 1.82) is 0 Å². The predicted octanol–water partition coefficient (Wildman–Crippen LogP) is 0.983. The van der Waals surface area contributed by atoms with Crippen molar-refractivity contribution in [3.05, 3.63) is 18.0 Å². The van der Waals surface area contributed by atoms with Crippen LogP contribution >= 0.6 is 0 Å². The van der Waals surface area contributed by atoms with E-state index in [4.69, 9.17) is 15.2 Å². The van der Waals surface area contributed by atoms with E-state index >= 15 is 0 Å². The van der Waals surface area contributed by atoms with Crippen LogP contribution in [0.15, 0.2) is 12.3 Å². The minimum atomic E-state index is -0.966. The van der Waals surface area contributed by atoms with Gasteiger partial charge < -0.3 is 25.6 Å². The first-order valence-corrected chi connectivity index (χ1v) is 6.32. The molecule has 0 saturated carbocycles. The molecule has 0 aromatic carbocycles. The van der Waals surface area contributed by atoms with Crippen molar-refractivity contribution in [2.24, 2.45) is 0 Å². The summed E-state index contributed by atoms with van der Waals surface area (Å²) >= 11 is 0. The van der Waals surface area contributed by atoms with Crippen molar-refractivity contribution in [2.75, 3.05) is 12.3 Å². The van der Waals surface area contributed by atoms with Crippen LogP contribution in [0.3, 0.4) is 0 Å². The number of rotatable bonds is 1. The molecule has 4 N–H and O–H groups in total. The molecule has 2 rings (SSSR count). The number of alkyl carbamates (subject to hydrolysis) is 1. The lowest BCUT2D eigenvalue weighted by Gasteiger charge is -2.30. The van der Waals surface area contributed by atoms with Crippen molar-refractivity contribution in [3.63, 3.8) is 0 Å². The number of amides is 1. The number of aromatic nitrogens is 1. The standard InChI is InChI=1S/C13H19N3O4/c1-13(2,3)20-12(18)16-8-6-19-9-4-7(14)5-15-10(9)11(8)17/h4-5,8,11,17H,6,14H2,1-3H3,(H,16,18)/t8?,11-/m1/s1. The quantitative estimate of drug-likeness (QED) is 0.708. The lowest BCUT2D eigenvalue weighted by Crippen LogP contribution is -2.47. The zero-order chi connectivity index (χ0) is 14.9. The minimum Gasteiger partial charge on any atom is -0.489 e. The Balaban J connectivity index is 2.06. The number of nitrogens with one attached hydrogen (secondary N) is 1. The van der Waals surface area contributed by atoms with Gasteiger partial charge in [0.15, 0.2) is 0 Å². The highest BCUT2D eigenvalue weighted by atomic mass is 16.6. The maximum Gasteiger partial charge on any atom is 0.408 e. The molecule has 7 heteroatoms. The Hall–Kier alpha value is -2.02. The molecule has 0 saturated heterocycles. The summed E-state index contributed by atoms with van der Waals surface area (Å²) in [6.45, 7) is 5.42. The van der Waals surface area contributed by atoms with Crippen LogP contribution in [-0.2, 0) is 4.74 Å². The average molecular weight is 281 g/mol. The van der Waals surface area contributed by atoms with Crippen molar-refractivity contribution in [2.45, 2.75) is 38.5 Å². The lowest BCUT2D eigenvalue weighted by atomic mass is 10.0. The molecule has 0 spiro atoms. The Morgan fingerprint density at radius 1 is 1.60 bits per heavy atom. The third kappa shape index (κ3) is 3.30. The monoisotopic (exact) mass is 281 g/mol. The van der Waals surface area contributed by atoms with Gasteiger partial charge >= 0.3 is 6.09 Å². The summed E-state index contributed by atoms with van der Waals surface area (Å²) in [6.07, 6.45) is -0.141. The molecular weight excluding hydrogens is 262 g/mol. The Labute approximate surface area is 117 Å². The molecule has 2 atom stereocenters. The zero-order valence-electron chi connectivity index (χ0n) is 11.7. The van der Waals surface area contributed by atoms with E-state index in [2.05, 4.69) is 10.3 Å². The second-order valence-corrected chi connectivity index (χ2v) is 5.66. The fraction of sp³-hybridized carbons (Fsp3) is 0.538. The first kappa shape index (κ1) is 14.4. The Morgan fingerprint density at radius 3 is 2.95 bits per heavy atom. The van der Waals surface area contributed by atoms with Gasteiger partial charge in [-0.2, -0.15) is 0 Å². The summed E-state index contributed by atoms with van der Waals surface area (Å²) in [5.74, 6) is 0.430. The molecule has 0 fully saturated rings. The number of nitrogens with two attached hydrogens (primary N) is 1. The molecule has 1 aromatic rings. The Morgan fingerprint density at radius 2 is 2.30 bits per heavy atom. The van der Waals surface area contributed by atoms with Crippen LogP contribution in [0, 0.1) is 0 Å². The van der Waals surface area contributed by atoms with E-state index in [1.165, 1.54) is 6.20 Å². The molecule has 0 radical (unpaired) electrons. The number of anilines is 1. The highest BCUT2D eigenvalue weighted by molar-refractivity contribution is 5.68. The van der Waals surface area contributed by atoms with Crippen LogP contribution in [0.1, 0.15) is 32.6 Å². The molecule has 1 unspecified atom stereocenters. The maximum atomic E-state index is 11.7. The van der Waals surface area contributed by atoms with Crippen LogP contribution in [0.5, 0.6) is 5.75 Å². The first-order chi connectivity index (χ1) is 9.26. The third-order valence-corrected chi connectivity index (χ3v) is 2.68. The summed E-state index contributed by atoms with van der Waals surface area (Å²) in [4.78, 5) is 15.7. The molecule has 1 amide bonds. The van der Waals surface area contributed by atoms with Gasteiger partial charge in [-0.1, -0.05) is 0 Å². The summed E-state index contributed by atoms with van der Waals surface area (Å²) < 4.78 is 10.6. The van der Waals surface area contributed by atoms with E-state index in [9.17, 15) is 9.90 Å². The number of hydrogen-bond acceptors (Lipinski definition) is 6. The highest BCUT2D eigenvalue weighted by Gasteiger charge is 2.33. The van der Waals surface area contributed by atoms with Crippen LogP contribution in [0.4, 0.5) is 10.5 Å². The van der Waals surface area contributed by atoms with Gasteiger partial charge in [0.05, 0.1) is 17.9 Å². The largest absolute Gasteiger partial charge is 0.489 e. The SMILES string of the molecule is CC(C)(C)OC(=O)NC1COc2cc(N)cnc2[C@@H]1O. The smallest absolute Gasteiger partial charge is 0.408 e. The van der Waals surface area contributed by atoms with Crippen molar-refractivity contribution >= 4 is 11.8 Å². The van der Waals surface area contributed by atoms with Gasteiger partial charge in [-0.15, -0.1) is 0 Å². The summed E-state index contributed by atoms with van der Waals surface area (Å²) in [5, 5.41) is 12.8. The van der Waals surface area contributed by atoms with Crippen molar-refractivity contribution < 1.29 is 19.4 Å². The third-order valence-electron chi connectivity index (χ3n) is 2.68. The van der Waals surface area contributed by atoms with Gasteiger partial charge in [0, 0.05) is 6.07 Å². The fourth-order valence-electron chi connectivity index (χ4n) is 1.85. The molecule has 110 valence electrons. The predicted molar refractivity (Wildman–Crippen MR) is 72.3 cm³/mol. The summed E-state index contributed by atoms with van der Waals surface area (Å²) in [5.41, 5.74) is 5.80. The van der Waals surface area contributed by atoms with E-state index in [0.29, 0.717) is 17.1 Å². The molecule has 2 heterocycles. The van der Waals surface area contributed by atoms with Crippen molar-refractivity contribution in [3.8, 4) is 5.75 Å².